The summed E-state index contributed by atoms with van der Waals surface area (Å²) < 4.78 is 0. The first kappa shape index (κ1) is 17.7. The van der Waals surface area contributed by atoms with Crippen LogP contribution in [0.1, 0.15) is 0 Å². The van der Waals surface area contributed by atoms with Crippen LogP contribution in [0.3, 0.4) is 0 Å². The first-order valence-electron chi connectivity index (χ1n) is 8.58. The predicted octanol–water partition coefficient (Wildman–Crippen LogP) is 1.83. The molecule has 3 rings (SSSR count). The Morgan fingerprint density at radius 3 is 2.58 bits per heavy atom. The quantitative estimate of drug-likeness (QED) is 0.649. The molecule has 24 heavy (non-hydrogen) atoms. The van der Waals surface area contributed by atoms with Gasteiger partial charge in [-0.1, -0.05) is 17.7 Å². The third kappa shape index (κ3) is 4.94. The van der Waals surface area contributed by atoms with Gasteiger partial charge >= 0.3 is 0 Å². The lowest BCUT2D eigenvalue weighted by Gasteiger charge is -2.36. The summed E-state index contributed by atoms with van der Waals surface area (Å²) in [4.78, 5) is 11.6. The zero-order chi connectivity index (χ0) is 16.8. The molecule has 0 aromatic heterocycles. The zero-order valence-corrected chi connectivity index (χ0v) is 15.6. The van der Waals surface area contributed by atoms with Gasteiger partial charge in [-0.3, -0.25) is 9.89 Å². The Labute approximate surface area is 153 Å². The summed E-state index contributed by atoms with van der Waals surface area (Å²) in [7, 11) is 0. The summed E-state index contributed by atoms with van der Waals surface area (Å²) in [6.07, 6.45) is 0. The van der Waals surface area contributed by atoms with Crippen LogP contribution in [0.4, 0.5) is 5.69 Å². The van der Waals surface area contributed by atoms with Crippen LogP contribution < -0.4 is 10.6 Å². The highest BCUT2D eigenvalue weighted by molar-refractivity contribution is 7.99. The van der Waals surface area contributed by atoms with Gasteiger partial charge in [0, 0.05) is 68.0 Å². The zero-order valence-electron chi connectivity index (χ0n) is 14.0. The van der Waals surface area contributed by atoms with Crippen molar-refractivity contribution in [2.75, 3.05) is 68.8 Å². The molecule has 5 nitrogen and oxygen atoms in total. The molecule has 1 aromatic rings. The van der Waals surface area contributed by atoms with E-state index in [1.165, 1.54) is 5.69 Å². The average Bonchev–Trinajstić information content (AvgIpc) is 2.63. The highest BCUT2D eigenvalue weighted by atomic mass is 35.5. The van der Waals surface area contributed by atoms with Crippen LogP contribution in [0.5, 0.6) is 0 Å². The summed E-state index contributed by atoms with van der Waals surface area (Å²) in [5.41, 5.74) is 7.32. The normalized spacial score (nSPS) is 20.5. The second kappa shape index (κ2) is 8.83. The van der Waals surface area contributed by atoms with E-state index in [2.05, 4.69) is 25.8 Å². The van der Waals surface area contributed by atoms with Crippen LogP contribution in [0, 0.1) is 0 Å². The number of rotatable bonds is 4. The molecule has 7 heteroatoms. The van der Waals surface area contributed by atoms with E-state index in [0.717, 1.165) is 68.9 Å². The lowest BCUT2D eigenvalue weighted by atomic mass is 10.2. The fourth-order valence-electron chi connectivity index (χ4n) is 3.10. The topological polar surface area (TPSA) is 48.1 Å². The summed E-state index contributed by atoms with van der Waals surface area (Å²) in [6, 6.07) is 8.11. The third-order valence-electron chi connectivity index (χ3n) is 4.57. The molecule has 132 valence electrons. The molecule has 2 aliphatic rings. The van der Waals surface area contributed by atoms with Crippen LogP contribution in [0.2, 0.25) is 5.02 Å². The second-order valence-corrected chi connectivity index (χ2v) is 7.81. The summed E-state index contributed by atoms with van der Waals surface area (Å²) in [5.74, 6) is 3.02. The van der Waals surface area contributed by atoms with Gasteiger partial charge in [0.1, 0.15) is 0 Å². The number of hydrogen-bond donors (Lipinski definition) is 1. The standard InChI is InChI=1S/C17H26ClN5S/c18-15-2-1-3-16(14-15)22-8-6-21(7-9-22)5-4-20-17(19)23-10-12-24-13-11-23/h1-3,14H,4-13H2,(H2,19,20). The van der Waals surface area contributed by atoms with Gasteiger partial charge in [-0.25, -0.2) is 0 Å². The maximum atomic E-state index is 6.10. The Kier molecular flexibility index (Phi) is 6.51. The maximum absolute atomic E-state index is 6.10. The van der Waals surface area contributed by atoms with Crippen molar-refractivity contribution in [3.05, 3.63) is 29.3 Å². The highest BCUT2D eigenvalue weighted by Gasteiger charge is 2.17. The van der Waals surface area contributed by atoms with Gasteiger partial charge in [-0.2, -0.15) is 11.8 Å². The van der Waals surface area contributed by atoms with Crippen molar-refractivity contribution in [3.8, 4) is 0 Å². The fraction of sp³-hybridized carbons (Fsp3) is 0.588. The van der Waals surface area contributed by atoms with Crippen molar-refractivity contribution in [2.24, 2.45) is 10.7 Å². The molecule has 0 spiro atoms. The minimum atomic E-state index is 0.716. The van der Waals surface area contributed by atoms with Crippen molar-refractivity contribution >= 4 is 35.0 Å². The number of piperazine rings is 1. The van der Waals surface area contributed by atoms with E-state index in [-0.39, 0.29) is 0 Å². The van der Waals surface area contributed by atoms with Crippen molar-refractivity contribution in [1.82, 2.24) is 9.80 Å². The van der Waals surface area contributed by atoms with E-state index in [1.54, 1.807) is 0 Å². The molecule has 1 aromatic carbocycles. The summed E-state index contributed by atoms with van der Waals surface area (Å²) in [6.45, 7) is 7.99. The van der Waals surface area contributed by atoms with Crippen LogP contribution in [0.25, 0.3) is 0 Å². The van der Waals surface area contributed by atoms with Gasteiger partial charge in [0.2, 0.25) is 0 Å². The van der Waals surface area contributed by atoms with Gasteiger partial charge in [0.05, 0.1) is 6.54 Å². The molecule has 2 N–H and O–H groups in total. The number of aliphatic imine (C=N–C) groups is 1. The number of nitrogens with two attached hydrogens (primary N) is 1. The second-order valence-electron chi connectivity index (χ2n) is 6.15. The molecule has 2 fully saturated rings. The van der Waals surface area contributed by atoms with Gasteiger partial charge < -0.3 is 15.5 Å². The molecule has 0 saturated carbocycles. The van der Waals surface area contributed by atoms with Crippen LogP contribution in [0.15, 0.2) is 29.3 Å². The summed E-state index contributed by atoms with van der Waals surface area (Å²) >= 11 is 8.07. The number of nitrogens with zero attached hydrogens (tertiary/aromatic N) is 4. The first-order valence-corrected chi connectivity index (χ1v) is 10.1. The predicted molar refractivity (Wildman–Crippen MR) is 105 cm³/mol. The molecule has 0 bridgehead atoms. The monoisotopic (exact) mass is 367 g/mol. The third-order valence-corrected chi connectivity index (χ3v) is 5.75. The van der Waals surface area contributed by atoms with E-state index < -0.39 is 0 Å². The number of guanidine groups is 1. The molecule has 0 atom stereocenters. The molecule has 2 aliphatic heterocycles. The van der Waals surface area contributed by atoms with E-state index in [9.17, 15) is 0 Å². The number of anilines is 1. The maximum Gasteiger partial charge on any atom is 0.191 e. The Balaban J connectivity index is 1.41. The Morgan fingerprint density at radius 2 is 1.88 bits per heavy atom. The van der Waals surface area contributed by atoms with Gasteiger partial charge in [0.25, 0.3) is 0 Å². The van der Waals surface area contributed by atoms with Crippen molar-refractivity contribution in [1.29, 1.82) is 0 Å². The van der Waals surface area contributed by atoms with Gasteiger partial charge in [0.15, 0.2) is 5.96 Å². The van der Waals surface area contributed by atoms with Crippen LogP contribution in [-0.2, 0) is 0 Å². The molecule has 2 heterocycles. The van der Waals surface area contributed by atoms with Gasteiger partial charge in [-0.05, 0) is 18.2 Å². The highest BCUT2D eigenvalue weighted by Crippen LogP contribution is 2.20. The largest absolute Gasteiger partial charge is 0.370 e. The molecule has 2 saturated heterocycles. The Hall–Kier alpha value is -1.11. The van der Waals surface area contributed by atoms with Gasteiger partial charge in [-0.15, -0.1) is 0 Å². The van der Waals surface area contributed by atoms with Crippen LogP contribution >= 0.6 is 23.4 Å². The SMILES string of the molecule is NC(=NCCN1CCN(c2cccc(Cl)c2)CC1)N1CCSCC1. The van der Waals surface area contributed by atoms with E-state index in [0.29, 0.717) is 5.96 Å². The smallest absolute Gasteiger partial charge is 0.191 e. The Bertz CT molecular complexity index is 554. The average molecular weight is 368 g/mol. The van der Waals surface area contributed by atoms with E-state index in [4.69, 9.17) is 17.3 Å². The van der Waals surface area contributed by atoms with E-state index in [1.807, 2.05) is 30.0 Å². The lowest BCUT2D eigenvalue weighted by Crippen LogP contribution is -2.47. The Morgan fingerprint density at radius 1 is 1.12 bits per heavy atom. The number of hydrogen-bond acceptors (Lipinski definition) is 4. The summed E-state index contributed by atoms with van der Waals surface area (Å²) in [5, 5.41) is 0.802. The van der Waals surface area contributed by atoms with Crippen LogP contribution in [-0.4, -0.2) is 79.6 Å². The minimum absolute atomic E-state index is 0.716. The van der Waals surface area contributed by atoms with Crippen molar-refractivity contribution < 1.29 is 0 Å². The molecule has 0 radical (unpaired) electrons. The number of benzene rings is 1. The molecule has 0 unspecified atom stereocenters. The molecular weight excluding hydrogens is 342 g/mol. The minimum Gasteiger partial charge on any atom is -0.370 e. The molecule has 0 aliphatic carbocycles. The number of thioether (sulfide) groups is 1. The fourth-order valence-corrected chi connectivity index (χ4v) is 4.19. The van der Waals surface area contributed by atoms with Crippen molar-refractivity contribution in [2.45, 2.75) is 0 Å². The molecular formula is C17H26ClN5S. The molecule has 0 amide bonds. The number of halogens is 1. The van der Waals surface area contributed by atoms with Crippen molar-refractivity contribution in [3.63, 3.8) is 0 Å². The lowest BCUT2D eigenvalue weighted by molar-refractivity contribution is 0.264. The first-order chi connectivity index (χ1) is 11.7. The van der Waals surface area contributed by atoms with E-state index >= 15 is 0 Å².